The smallest absolute Gasteiger partial charge is 0.338 e. The molecule has 4 unspecified atom stereocenters. The SMILES string of the molecule is COc1ccc(COC[C@H]2OC3[C@@H]4C(COC(=O)c5ccccc5)(C2O[Si](C)(C)C(C)(C)C)C34n2cnc3c(Cl)nc(Cl)nc32)cc1. The van der Waals surface area contributed by atoms with Crippen LogP contribution in [0.5, 0.6) is 5.75 Å². The first kappa shape index (κ1) is 32.5. The van der Waals surface area contributed by atoms with Crippen molar-refractivity contribution < 1.29 is 28.2 Å². The molecule has 4 aliphatic rings. The summed E-state index contributed by atoms with van der Waals surface area (Å²) in [7, 11) is -0.748. The molecule has 4 aromatic rings. The van der Waals surface area contributed by atoms with E-state index in [9.17, 15) is 4.79 Å². The van der Waals surface area contributed by atoms with Crippen LogP contribution in [0.15, 0.2) is 60.9 Å². The quantitative estimate of drug-likeness (QED) is 0.0733. The third kappa shape index (κ3) is 5.09. The first-order chi connectivity index (χ1) is 22.3. The fourth-order valence-electron chi connectivity index (χ4n) is 7.13. The van der Waals surface area contributed by atoms with E-state index in [4.69, 9.17) is 46.6 Å². The van der Waals surface area contributed by atoms with Crippen LogP contribution in [-0.4, -0.2) is 72.4 Å². The average molecular weight is 698 g/mol. The van der Waals surface area contributed by atoms with E-state index in [0.29, 0.717) is 29.9 Å². The third-order valence-electron chi connectivity index (χ3n) is 10.6. The van der Waals surface area contributed by atoms with Gasteiger partial charge in [0.1, 0.15) is 24.0 Å². The summed E-state index contributed by atoms with van der Waals surface area (Å²) in [5, 5.41) is 0.0955. The molecule has 248 valence electrons. The number of carbonyl (C=O) groups excluding carboxylic acids is 1. The fourth-order valence-corrected chi connectivity index (χ4v) is 8.90. The number of benzene rings is 2. The van der Waals surface area contributed by atoms with E-state index in [1.54, 1.807) is 25.6 Å². The maximum Gasteiger partial charge on any atom is 0.338 e. The minimum absolute atomic E-state index is 0.0175. The first-order valence-corrected chi connectivity index (χ1v) is 19.3. The number of halogens is 2. The molecular formula is C34H38Cl2N4O6Si. The Morgan fingerprint density at radius 1 is 1.06 bits per heavy atom. The number of ether oxygens (including phenoxy) is 4. The van der Waals surface area contributed by atoms with Crippen molar-refractivity contribution in [2.75, 3.05) is 20.3 Å². The lowest BCUT2D eigenvalue weighted by atomic mass is 9.79. The zero-order chi connectivity index (χ0) is 33.4. The molecule has 8 rings (SSSR count). The largest absolute Gasteiger partial charge is 0.497 e. The second-order valence-corrected chi connectivity index (χ2v) is 19.6. The monoisotopic (exact) mass is 696 g/mol. The van der Waals surface area contributed by atoms with E-state index in [1.807, 2.05) is 47.0 Å². The van der Waals surface area contributed by atoms with E-state index < -0.39 is 37.4 Å². The molecule has 4 fully saturated rings. The molecule has 47 heavy (non-hydrogen) atoms. The number of hydrogen-bond donors (Lipinski definition) is 0. The molecule has 0 N–H and O–H groups in total. The lowest BCUT2D eigenvalue weighted by Crippen LogP contribution is -2.63. The van der Waals surface area contributed by atoms with Gasteiger partial charge in [-0.15, -0.1) is 0 Å². The fraction of sp³-hybridized carbons (Fsp3) is 0.471. The Kier molecular flexibility index (Phi) is 7.97. The predicted octanol–water partition coefficient (Wildman–Crippen LogP) is 6.70. The van der Waals surface area contributed by atoms with Crippen molar-refractivity contribution in [2.24, 2.45) is 11.3 Å². The third-order valence-corrected chi connectivity index (χ3v) is 15.5. The number of fused-ring (bicyclic) bond motifs is 3. The molecule has 2 saturated heterocycles. The molecule has 0 amide bonds. The Morgan fingerprint density at radius 3 is 2.47 bits per heavy atom. The number of nitrogens with zero attached hydrogens (tertiary/aromatic N) is 4. The van der Waals surface area contributed by atoms with Crippen LogP contribution in [0.25, 0.3) is 11.2 Å². The summed E-state index contributed by atoms with van der Waals surface area (Å²) in [6.07, 6.45) is 0.647. The van der Waals surface area contributed by atoms with Crippen LogP contribution in [0.3, 0.4) is 0 Å². The van der Waals surface area contributed by atoms with E-state index >= 15 is 0 Å². The van der Waals surface area contributed by atoms with Crippen LogP contribution >= 0.6 is 23.2 Å². The van der Waals surface area contributed by atoms with Gasteiger partial charge in [0, 0.05) is 5.92 Å². The van der Waals surface area contributed by atoms with Crippen molar-refractivity contribution in [1.82, 2.24) is 19.5 Å². The molecule has 0 spiro atoms. The minimum atomic E-state index is -2.39. The number of imidazole rings is 1. The van der Waals surface area contributed by atoms with Crippen LogP contribution < -0.4 is 4.74 Å². The standard InChI is InChI=1S/C34H38Cl2N4O6Si/c1-32(2,3)47(5,6)46-26-23(17-43-16-20-12-14-22(42-4)15-13-20)45-27-25-33(26,18-44-30(41)21-10-8-7-9-11-21)34(25,27)40-19-37-24-28(35)38-31(36)39-29(24)40/h7-15,19,23,25-27H,16-18H2,1-6H3/t23-,25-,26?,27?,33?,34?/m1/s1. The second-order valence-electron chi connectivity index (χ2n) is 14.1. The molecular weight excluding hydrogens is 659 g/mol. The minimum Gasteiger partial charge on any atom is -0.497 e. The zero-order valence-corrected chi connectivity index (χ0v) is 29.7. The van der Waals surface area contributed by atoms with Crippen molar-refractivity contribution in [2.45, 2.75) is 69.4 Å². The van der Waals surface area contributed by atoms with Crippen molar-refractivity contribution >= 4 is 48.7 Å². The van der Waals surface area contributed by atoms with Gasteiger partial charge in [-0.1, -0.05) is 62.7 Å². The molecule has 10 nitrogen and oxygen atoms in total. The highest BCUT2D eigenvalue weighted by Crippen LogP contribution is 2.90. The number of carbonyl (C=O) groups is 1. The number of hydrogen-bond acceptors (Lipinski definition) is 9. The summed E-state index contributed by atoms with van der Waals surface area (Å²) < 4.78 is 33.9. The van der Waals surface area contributed by atoms with Gasteiger partial charge in [0.2, 0.25) is 5.28 Å². The van der Waals surface area contributed by atoms with Crippen LogP contribution in [0.1, 0.15) is 36.7 Å². The lowest BCUT2D eigenvalue weighted by Gasteiger charge is -2.51. The molecule has 13 heteroatoms. The van der Waals surface area contributed by atoms with Gasteiger partial charge in [0.25, 0.3) is 0 Å². The summed E-state index contributed by atoms with van der Waals surface area (Å²) in [5.41, 5.74) is 1.18. The van der Waals surface area contributed by atoms with Crippen molar-refractivity contribution in [1.29, 1.82) is 0 Å². The summed E-state index contributed by atoms with van der Waals surface area (Å²) in [6, 6.07) is 16.8. The highest BCUT2D eigenvalue weighted by atomic mass is 35.5. The number of aromatic nitrogens is 4. The second kappa shape index (κ2) is 11.5. The van der Waals surface area contributed by atoms with Crippen LogP contribution in [0.4, 0.5) is 0 Å². The zero-order valence-electron chi connectivity index (χ0n) is 27.2. The molecule has 0 radical (unpaired) electrons. The molecule has 2 aliphatic heterocycles. The maximum atomic E-state index is 13.4. The van der Waals surface area contributed by atoms with Gasteiger partial charge in [-0.25, -0.2) is 14.8 Å². The topological polar surface area (TPSA) is 107 Å². The summed E-state index contributed by atoms with van der Waals surface area (Å²) >= 11 is 12.7. The van der Waals surface area contributed by atoms with Gasteiger partial charge in [0.15, 0.2) is 19.1 Å². The van der Waals surface area contributed by atoms with Crippen molar-refractivity contribution in [3.8, 4) is 5.75 Å². The Morgan fingerprint density at radius 2 is 1.79 bits per heavy atom. The van der Waals surface area contributed by atoms with Gasteiger partial charge in [-0.2, -0.15) is 4.98 Å². The van der Waals surface area contributed by atoms with Gasteiger partial charge >= 0.3 is 5.97 Å². The van der Waals surface area contributed by atoms with E-state index in [1.165, 1.54) is 0 Å². The molecule has 2 aromatic carbocycles. The van der Waals surface area contributed by atoms with E-state index in [-0.39, 0.29) is 34.1 Å². The summed E-state index contributed by atoms with van der Waals surface area (Å²) in [5.74, 6) is 0.371. The first-order valence-electron chi connectivity index (χ1n) is 15.7. The highest BCUT2D eigenvalue weighted by Gasteiger charge is 3.03. The van der Waals surface area contributed by atoms with E-state index in [2.05, 4.69) is 48.8 Å². The molecule has 2 aliphatic carbocycles. The average Bonchev–Trinajstić information content (AvgIpc) is 3.82. The normalized spacial score (nSPS) is 27.7. The van der Waals surface area contributed by atoms with Crippen molar-refractivity contribution in [3.05, 3.63) is 82.5 Å². The Balaban J connectivity index is 1.25. The summed E-state index contributed by atoms with van der Waals surface area (Å²) in [6.45, 7) is 11.9. The Bertz CT molecular complexity index is 1820. The molecule has 4 heterocycles. The van der Waals surface area contributed by atoms with Gasteiger partial charge in [0.05, 0.1) is 55.4 Å². The number of esters is 1. The van der Waals surface area contributed by atoms with Gasteiger partial charge < -0.3 is 27.9 Å². The van der Waals surface area contributed by atoms with E-state index in [0.717, 1.165) is 11.3 Å². The highest BCUT2D eigenvalue weighted by molar-refractivity contribution is 6.74. The number of methoxy groups -OCH3 is 1. The molecule has 6 atom stereocenters. The molecule has 2 aromatic heterocycles. The lowest BCUT2D eigenvalue weighted by molar-refractivity contribution is -0.204. The van der Waals surface area contributed by atoms with Crippen molar-refractivity contribution in [3.63, 3.8) is 0 Å². The predicted molar refractivity (Wildman–Crippen MR) is 179 cm³/mol. The summed E-state index contributed by atoms with van der Waals surface area (Å²) in [4.78, 5) is 26.5. The Labute approximate surface area is 284 Å². The van der Waals surface area contributed by atoms with Gasteiger partial charge in [-0.05, 0) is 59.6 Å². The number of rotatable bonds is 11. The van der Waals surface area contributed by atoms with Crippen LogP contribution in [0.2, 0.25) is 28.6 Å². The molecule has 2 saturated carbocycles. The molecule has 2 bridgehead atoms. The Hall–Kier alpha value is -3.06. The van der Waals surface area contributed by atoms with Crippen LogP contribution in [0, 0.1) is 11.3 Å². The van der Waals surface area contributed by atoms with Crippen LogP contribution in [-0.2, 0) is 30.8 Å². The van der Waals surface area contributed by atoms with Gasteiger partial charge in [-0.3, -0.25) is 0 Å². The maximum absolute atomic E-state index is 13.4.